The van der Waals surface area contributed by atoms with E-state index in [1.807, 2.05) is 18.2 Å². The Morgan fingerprint density at radius 3 is 3.17 bits per heavy atom. The number of fused-ring (bicyclic) bond motifs is 1. The number of rotatable bonds is 0. The van der Waals surface area contributed by atoms with Crippen LogP contribution in [0.4, 0.5) is 5.69 Å². The molecule has 0 amide bonds. The van der Waals surface area contributed by atoms with E-state index in [4.69, 9.17) is 11.6 Å². The summed E-state index contributed by atoms with van der Waals surface area (Å²) in [6.45, 7) is 0. The first kappa shape index (κ1) is 8.41. The van der Waals surface area contributed by atoms with E-state index in [9.17, 15) is 0 Å². The van der Waals surface area contributed by atoms with E-state index in [1.165, 1.54) is 11.9 Å². The Morgan fingerprint density at radius 2 is 2.33 bits per heavy atom. The summed E-state index contributed by atoms with van der Waals surface area (Å²) < 4.78 is 3.89. The van der Waals surface area contributed by atoms with Crippen molar-refractivity contribution in [1.82, 2.24) is 4.72 Å². The topological polar surface area (TPSA) is 24.4 Å². The van der Waals surface area contributed by atoms with Gasteiger partial charge in [-0.1, -0.05) is 15.9 Å². The second-order valence-corrected chi connectivity index (χ2v) is 4.34. The van der Waals surface area contributed by atoms with Crippen LogP contribution in [0.15, 0.2) is 32.6 Å². The van der Waals surface area contributed by atoms with Crippen LogP contribution in [0.5, 0.6) is 0 Å². The number of hydrogen-bond donors (Lipinski definition) is 1. The van der Waals surface area contributed by atoms with Crippen LogP contribution >= 0.6 is 39.5 Å². The maximum absolute atomic E-state index is 5.70. The summed E-state index contributed by atoms with van der Waals surface area (Å²) in [5.74, 6) is 0. The highest BCUT2D eigenvalue weighted by atomic mass is 79.9. The van der Waals surface area contributed by atoms with Gasteiger partial charge < -0.3 is 4.72 Å². The monoisotopic (exact) mass is 262 g/mol. The molecular weight excluding hydrogens is 260 g/mol. The van der Waals surface area contributed by atoms with E-state index in [1.54, 1.807) is 0 Å². The van der Waals surface area contributed by atoms with Gasteiger partial charge in [-0.2, -0.15) is 0 Å². The van der Waals surface area contributed by atoms with Crippen molar-refractivity contribution in [3.8, 4) is 0 Å². The maximum Gasteiger partial charge on any atom is 0.206 e. The third-order valence-corrected chi connectivity index (χ3v) is 3.03. The molecule has 0 saturated carbocycles. The predicted octanol–water partition coefficient (Wildman–Crippen LogP) is 3.29. The molecule has 0 aliphatic carbocycles. The first-order valence-electron chi connectivity index (χ1n) is 3.22. The zero-order valence-electron chi connectivity index (χ0n) is 5.84. The molecule has 1 aliphatic heterocycles. The number of benzene rings is 1. The van der Waals surface area contributed by atoms with Crippen LogP contribution in [0, 0.1) is 0 Å². The van der Waals surface area contributed by atoms with Crippen molar-refractivity contribution in [3.05, 3.63) is 22.7 Å². The molecule has 5 heteroatoms. The fourth-order valence-corrected chi connectivity index (χ4v) is 2.03. The Hall–Kier alpha value is -0.190. The van der Waals surface area contributed by atoms with E-state index in [0.29, 0.717) is 5.29 Å². The molecule has 0 bridgehead atoms. The minimum atomic E-state index is 0.422. The zero-order chi connectivity index (χ0) is 8.55. The molecule has 1 aromatic carbocycles. The summed E-state index contributed by atoms with van der Waals surface area (Å²) in [4.78, 5) is 5.21. The van der Waals surface area contributed by atoms with Gasteiger partial charge in [0.25, 0.3) is 0 Å². The van der Waals surface area contributed by atoms with Crippen molar-refractivity contribution in [2.45, 2.75) is 4.90 Å². The summed E-state index contributed by atoms with van der Waals surface area (Å²) in [5, 5.41) is 0.422. The Labute approximate surface area is 87.7 Å². The normalized spacial score (nSPS) is 14.7. The molecule has 0 unspecified atom stereocenters. The molecule has 0 fully saturated rings. The third-order valence-electron chi connectivity index (χ3n) is 1.38. The molecule has 1 aromatic rings. The average molecular weight is 264 g/mol. The van der Waals surface area contributed by atoms with Gasteiger partial charge in [-0.3, -0.25) is 0 Å². The molecule has 1 N–H and O–H groups in total. The van der Waals surface area contributed by atoms with Gasteiger partial charge in [0.15, 0.2) is 0 Å². The number of amidine groups is 1. The fraction of sp³-hybridized carbons (Fsp3) is 0. The molecule has 0 aromatic heterocycles. The van der Waals surface area contributed by atoms with E-state index in [0.717, 1.165) is 15.1 Å². The molecule has 62 valence electrons. The van der Waals surface area contributed by atoms with Crippen molar-refractivity contribution < 1.29 is 0 Å². The molecule has 1 heterocycles. The summed E-state index contributed by atoms with van der Waals surface area (Å²) >= 11 is 10.5. The van der Waals surface area contributed by atoms with E-state index in [2.05, 4.69) is 25.6 Å². The van der Waals surface area contributed by atoms with Crippen LogP contribution < -0.4 is 4.72 Å². The Morgan fingerprint density at radius 1 is 1.50 bits per heavy atom. The first-order chi connectivity index (χ1) is 5.75. The predicted molar refractivity (Wildman–Crippen MR) is 56.1 cm³/mol. The molecule has 0 radical (unpaired) electrons. The molecule has 0 saturated heterocycles. The number of hydrogen-bond acceptors (Lipinski definition) is 3. The zero-order valence-corrected chi connectivity index (χ0v) is 9.00. The molecule has 2 rings (SSSR count). The maximum atomic E-state index is 5.70. The highest BCUT2D eigenvalue weighted by Gasteiger charge is 2.09. The fourth-order valence-electron chi connectivity index (χ4n) is 0.890. The van der Waals surface area contributed by atoms with Gasteiger partial charge in [-0.15, -0.1) is 0 Å². The number of nitrogens with one attached hydrogen (secondary N) is 1. The lowest BCUT2D eigenvalue weighted by Crippen LogP contribution is -2.11. The summed E-state index contributed by atoms with van der Waals surface area (Å²) in [5.41, 5.74) is 0.901. The van der Waals surface area contributed by atoms with Gasteiger partial charge in [0, 0.05) is 4.47 Å². The van der Waals surface area contributed by atoms with Gasteiger partial charge >= 0.3 is 0 Å². The van der Waals surface area contributed by atoms with E-state index >= 15 is 0 Å². The quantitative estimate of drug-likeness (QED) is 0.574. The minimum Gasteiger partial charge on any atom is -0.300 e. The highest BCUT2D eigenvalue weighted by molar-refractivity contribution is 9.10. The third kappa shape index (κ3) is 1.60. The van der Waals surface area contributed by atoms with Gasteiger partial charge in [0.05, 0.1) is 10.6 Å². The molecule has 0 atom stereocenters. The lowest BCUT2D eigenvalue weighted by Gasteiger charge is -2.12. The minimum absolute atomic E-state index is 0.422. The Kier molecular flexibility index (Phi) is 2.30. The van der Waals surface area contributed by atoms with Crippen molar-refractivity contribution in [3.63, 3.8) is 0 Å². The van der Waals surface area contributed by atoms with Crippen LogP contribution in [-0.2, 0) is 0 Å². The number of nitrogens with zero attached hydrogens (tertiary/aromatic N) is 1. The Balaban J connectivity index is 2.53. The lowest BCUT2D eigenvalue weighted by atomic mass is 10.3. The second-order valence-electron chi connectivity index (χ2n) is 2.22. The van der Waals surface area contributed by atoms with Crippen LogP contribution in [0.2, 0.25) is 0 Å². The average Bonchev–Trinajstić information content (AvgIpc) is 2.03. The van der Waals surface area contributed by atoms with Crippen LogP contribution in [-0.4, -0.2) is 5.29 Å². The van der Waals surface area contributed by atoms with Gasteiger partial charge in [-0.25, -0.2) is 4.99 Å². The van der Waals surface area contributed by atoms with E-state index in [-0.39, 0.29) is 0 Å². The standard InChI is InChI=1S/C7H4BrClN2S/c8-4-1-2-6-5(3-4)10-7(9)11-12-6/h1-3H,(H,10,11). The molecule has 1 aliphatic rings. The molecule has 12 heavy (non-hydrogen) atoms. The van der Waals surface area contributed by atoms with E-state index < -0.39 is 0 Å². The Bertz CT molecular complexity index is 353. The van der Waals surface area contributed by atoms with Crippen molar-refractivity contribution in [1.29, 1.82) is 0 Å². The second kappa shape index (κ2) is 3.28. The smallest absolute Gasteiger partial charge is 0.206 e. The van der Waals surface area contributed by atoms with Gasteiger partial charge in [0.2, 0.25) is 5.29 Å². The van der Waals surface area contributed by atoms with Crippen LogP contribution in [0.3, 0.4) is 0 Å². The SMILES string of the molecule is ClC1=Nc2cc(Br)ccc2SN1. The number of halogens is 2. The highest BCUT2D eigenvalue weighted by Crippen LogP contribution is 2.33. The molecular formula is C7H4BrClN2S. The molecule has 2 nitrogen and oxygen atoms in total. The lowest BCUT2D eigenvalue weighted by molar-refractivity contribution is 1.30. The molecule has 0 spiro atoms. The summed E-state index contributed by atoms with van der Waals surface area (Å²) in [7, 11) is 0. The van der Waals surface area contributed by atoms with Crippen LogP contribution in [0.25, 0.3) is 0 Å². The first-order valence-corrected chi connectivity index (χ1v) is 5.21. The summed E-state index contributed by atoms with van der Waals surface area (Å²) in [6.07, 6.45) is 0. The largest absolute Gasteiger partial charge is 0.300 e. The van der Waals surface area contributed by atoms with Gasteiger partial charge in [0.1, 0.15) is 0 Å². The van der Waals surface area contributed by atoms with Crippen LogP contribution in [0.1, 0.15) is 0 Å². The van der Waals surface area contributed by atoms with Gasteiger partial charge in [-0.05, 0) is 41.7 Å². The summed E-state index contributed by atoms with van der Waals surface area (Å²) in [6, 6.07) is 5.90. The van der Waals surface area contributed by atoms with Crippen molar-refractivity contribution >= 4 is 50.5 Å². The number of aliphatic imine (C=N–C) groups is 1. The van der Waals surface area contributed by atoms with Crippen molar-refractivity contribution in [2.75, 3.05) is 0 Å². The van der Waals surface area contributed by atoms with Crippen molar-refractivity contribution in [2.24, 2.45) is 4.99 Å².